The molecule has 0 aliphatic rings. The van der Waals surface area contributed by atoms with Crippen LogP contribution in [0.3, 0.4) is 0 Å². The maximum atomic E-state index is 13.8. The van der Waals surface area contributed by atoms with Crippen molar-refractivity contribution in [2.24, 2.45) is 7.05 Å². The zero-order valence-corrected chi connectivity index (χ0v) is 22.1. The van der Waals surface area contributed by atoms with Crippen LogP contribution in [0.1, 0.15) is 51.5 Å². The molecule has 10 heteroatoms. The Bertz CT molecular complexity index is 1350. The summed E-state index contributed by atoms with van der Waals surface area (Å²) in [5.74, 6) is -0.443. The van der Waals surface area contributed by atoms with Crippen molar-refractivity contribution in [2.45, 2.75) is 45.2 Å². The summed E-state index contributed by atoms with van der Waals surface area (Å²) in [4.78, 5) is 30.5. The van der Waals surface area contributed by atoms with Crippen molar-refractivity contribution in [3.8, 4) is 5.75 Å². The molecule has 0 bridgehead atoms. The molecule has 2 heterocycles. The van der Waals surface area contributed by atoms with Gasteiger partial charge in [-0.15, -0.1) is 0 Å². The van der Waals surface area contributed by atoms with Gasteiger partial charge in [0, 0.05) is 37.2 Å². The van der Waals surface area contributed by atoms with Crippen LogP contribution in [0.25, 0.3) is 0 Å². The summed E-state index contributed by atoms with van der Waals surface area (Å²) in [5.41, 5.74) is 2.20. The number of carbonyl (C=O) groups excluding carboxylic acids is 2. The van der Waals surface area contributed by atoms with Gasteiger partial charge in [-0.3, -0.25) is 9.78 Å². The lowest BCUT2D eigenvalue weighted by Crippen LogP contribution is -2.43. The second-order valence-electron chi connectivity index (χ2n) is 8.34. The number of Topliss-reactive ketones (excluding diaryl/α,β-unsaturated/α-hetero) is 1. The van der Waals surface area contributed by atoms with Gasteiger partial charge in [0.2, 0.25) is 10.0 Å². The van der Waals surface area contributed by atoms with Crippen LogP contribution in [-0.2, 0) is 28.4 Å². The standard InChI is InChI=1S/C26H31N3O6S/c1-7-35-26(31)24-17(2)23(18(3)28(24)5)25(30)19(4)29(16-20-9-8-14-27-15-20)36(32,33)22-12-10-21(34-6)11-13-22/h8-15,19H,7,16H2,1-6H3. The second kappa shape index (κ2) is 11.0. The predicted molar refractivity (Wildman–Crippen MR) is 135 cm³/mol. The first-order chi connectivity index (χ1) is 17.0. The minimum absolute atomic E-state index is 0.0283. The van der Waals surface area contributed by atoms with Crippen LogP contribution >= 0.6 is 0 Å². The molecule has 0 saturated heterocycles. The van der Waals surface area contributed by atoms with E-state index in [1.165, 1.54) is 19.2 Å². The molecular weight excluding hydrogens is 482 g/mol. The zero-order chi connectivity index (χ0) is 26.6. The third kappa shape index (κ3) is 5.19. The van der Waals surface area contributed by atoms with Gasteiger partial charge in [-0.25, -0.2) is 13.2 Å². The highest BCUT2D eigenvalue weighted by molar-refractivity contribution is 7.89. The van der Waals surface area contributed by atoms with E-state index in [4.69, 9.17) is 9.47 Å². The molecule has 36 heavy (non-hydrogen) atoms. The fourth-order valence-electron chi connectivity index (χ4n) is 4.15. The van der Waals surface area contributed by atoms with E-state index in [1.54, 1.807) is 76.0 Å². The van der Waals surface area contributed by atoms with E-state index in [9.17, 15) is 18.0 Å². The van der Waals surface area contributed by atoms with Gasteiger partial charge >= 0.3 is 5.97 Å². The molecule has 1 aromatic carbocycles. The van der Waals surface area contributed by atoms with Crippen LogP contribution in [0.4, 0.5) is 0 Å². The summed E-state index contributed by atoms with van der Waals surface area (Å²) in [6.45, 7) is 6.78. The van der Waals surface area contributed by atoms with Crippen LogP contribution in [0.5, 0.6) is 5.75 Å². The molecule has 0 aliphatic heterocycles. The van der Waals surface area contributed by atoms with Gasteiger partial charge in [0.1, 0.15) is 11.4 Å². The van der Waals surface area contributed by atoms with Crippen LogP contribution in [0.15, 0.2) is 53.7 Å². The van der Waals surface area contributed by atoms with E-state index in [1.807, 2.05) is 0 Å². The highest BCUT2D eigenvalue weighted by atomic mass is 32.2. The van der Waals surface area contributed by atoms with Gasteiger partial charge in [0.05, 0.1) is 24.7 Å². The average molecular weight is 514 g/mol. The molecule has 0 aliphatic carbocycles. The lowest BCUT2D eigenvalue weighted by Gasteiger charge is -2.28. The molecule has 0 saturated carbocycles. The topological polar surface area (TPSA) is 108 Å². The van der Waals surface area contributed by atoms with Gasteiger partial charge in [-0.05, 0) is 69.2 Å². The first kappa shape index (κ1) is 27.1. The van der Waals surface area contributed by atoms with Gasteiger partial charge in [0.15, 0.2) is 5.78 Å². The molecule has 2 aromatic heterocycles. The van der Waals surface area contributed by atoms with E-state index in [-0.39, 0.29) is 23.7 Å². The molecule has 1 unspecified atom stereocenters. The van der Waals surface area contributed by atoms with E-state index in [2.05, 4.69) is 4.98 Å². The molecule has 0 fully saturated rings. The molecule has 0 spiro atoms. The fraction of sp³-hybridized carbons (Fsp3) is 0.346. The third-order valence-corrected chi connectivity index (χ3v) is 8.12. The molecule has 3 aromatic rings. The number of rotatable bonds is 10. The number of hydrogen-bond acceptors (Lipinski definition) is 7. The number of aromatic nitrogens is 2. The SMILES string of the molecule is CCOC(=O)c1c(C)c(C(=O)C(C)N(Cc2cccnc2)S(=O)(=O)c2ccc(OC)cc2)c(C)n1C. The van der Waals surface area contributed by atoms with Crippen molar-refractivity contribution < 1.29 is 27.5 Å². The Balaban J connectivity index is 2.09. The second-order valence-corrected chi connectivity index (χ2v) is 10.2. The number of benzene rings is 1. The van der Waals surface area contributed by atoms with Crippen LogP contribution < -0.4 is 4.74 Å². The summed E-state index contributed by atoms with van der Waals surface area (Å²) in [5, 5.41) is 0. The zero-order valence-electron chi connectivity index (χ0n) is 21.3. The summed E-state index contributed by atoms with van der Waals surface area (Å²) < 4.78 is 40.6. The van der Waals surface area contributed by atoms with Crippen molar-refractivity contribution >= 4 is 21.8 Å². The van der Waals surface area contributed by atoms with Crippen molar-refractivity contribution in [2.75, 3.05) is 13.7 Å². The monoisotopic (exact) mass is 513 g/mol. The number of sulfonamides is 1. The minimum Gasteiger partial charge on any atom is -0.497 e. The smallest absolute Gasteiger partial charge is 0.355 e. The van der Waals surface area contributed by atoms with Crippen molar-refractivity contribution in [1.29, 1.82) is 0 Å². The molecule has 192 valence electrons. The number of pyridine rings is 1. The Morgan fingerprint density at radius 3 is 2.36 bits per heavy atom. The minimum atomic E-state index is -4.10. The Morgan fingerprint density at radius 1 is 1.14 bits per heavy atom. The molecule has 1 atom stereocenters. The first-order valence-corrected chi connectivity index (χ1v) is 12.9. The Labute approximate surface area is 211 Å². The number of ether oxygens (including phenoxy) is 2. The van der Waals surface area contributed by atoms with Crippen LogP contribution in [-0.4, -0.2) is 53.8 Å². The maximum Gasteiger partial charge on any atom is 0.355 e. The quantitative estimate of drug-likeness (QED) is 0.301. The van der Waals surface area contributed by atoms with E-state index in [0.29, 0.717) is 28.1 Å². The highest BCUT2D eigenvalue weighted by Gasteiger charge is 2.36. The molecule has 3 rings (SSSR count). The molecule has 0 amide bonds. The predicted octanol–water partition coefficient (Wildman–Crippen LogP) is 3.68. The van der Waals surface area contributed by atoms with E-state index >= 15 is 0 Å². The van der Waals surface area contributed by atoms with Gasteiger partial charge in [-0.2, -0.15) is 4.31 Å². The Morgan fingerprint density at radius 2 is 1.81 bits per heavy atom. The Kier molecular flexibility index (Phi) is 8.31. The van der Waals surface area contributed by atoms with Gasteiger partial charge < -0.3 is 14.0 Å². The maximum absolute atomic E-state index is 13.8. The number of carbonyl (C=O) groups is 2. The van der Waals surface area contributed by atoms with Crippen molar-refractivity contribution in [1.82, 2.24) is 13.9 Å². The van der Waals surface area contributed by atoms with E-state index in [0.717, 1.165) is 4.31 Å². The lowest BCUT2D eigenvalue weighted by atomic mass is 10.0. The van der Waals surface area contributed by atoms with Crippen molar-refractivity contribution in [3.05, 3.63) is 76.9 Å². The lowest BCUT2D eigenvalue weighted by molar-refractivity contribution is 0.0514. The summed E-state index contributed by atoms with van der Waals surface area (Å²) >= 11 is 0. The van der Waals surface area contributed by atoms with E-state index < -0.39 is 27.8 Å². The third-order valence-electron chi connectivity index (χ3n) is 6.18. The summed E-state index contributed by atoms with van der Waals surface area (Å²) in [6.07, 6.45) is 3.15. The van der Waals surface area contributed by atoms with Gasteiger partial charge in [0.25, 0.3) is 0 Å². The van der Waals surface area contributed by atoms with Gasteiger partial charge in [-0.1, -0.05) is 6.07 Å². The van der Waals surface area contributed by atoms with Crippen LogP contribution in [0, 0.1) is 13.8 Å². The molecular formula is C26H31N3O6S. The normalized spacial score (nSPS) is 12.4. The summed E-state index contributed by atoms with van der Waals surface area (Å²) in [6, 6.07) is 8.37. The number of nitrogens with zero attached hydrogens (tertiary/aromatic N) is 3. The number of ketones is 1. The fourth-order valence-corrected chi connectivity index (χ4v) is 5.74. The molecule has 0 N–H and O–H groups in total. The first-order valence-electron chi connectivity index (χ1n) is 11.5. The largest absolute Gasteiger partial charge is 0.497 e. The number of hydrogen-bond donors (Lipinski definition) is 0. The Hall–Kier alpha value is -3.50. The summed E-state index contributed by atoms with van der Waals surface area (Å²) in [7, 11) is -0.928. The highest BCUT2D eigenvalue weighted by Crippen LogP contribution is 2.28. The molecule has 0 radical (unpaired) electrons. The van der Waals surface area contributed by atoms with Crippen LogP contribution in [0.2, 0.25) is 0 Å². The number of methoxy groups -OCH3 is 1. The van der Waals surface area contributed by atoms with Crippen molar-refractivity contribution in [3.63, 3.8) is 0 Å². The average Bonchev–Trinajstić information content (AvgIpc) is 3.10. The molecule has 9 nitrogen and oxygen atoms in total. The number of esters is 1.